The van der Waals surface area contributed by atoms with Crippen molar-refractivity contribution in [1.29, 1.82) is 0 Å². The minimum Gasteiger partial charge on any atom is -0.353 e. The highest BCUT2D eigenvalue weighted by atomic mass is 35.5. The van der Waals surface area contributed by atoms with E-state index in [1.165, 1.54) is 11.8 Å². The third-order valence-electron chi connectivity index (χ3n) is 4.33. The summed E-state index contributed by atoms with van der Waals surface area (Å²) in [7, 11) is 0. The van der Waals surface area contributed by atoms with Crippen LogP contribution >= 0.6 is 23.4 Å². The fraction of sp³-hybridized carbons (Fsp3) is 0.389. The van der Waals surface area contributed by atoms with Crippen LogP contribution in [-0.2, 0) is 9.59 Å². The summed E-state index contributed by atoms with van der Waals surface area (Å²) in [5.41, 5.74) is 0.912. The van der Waals surface area contributed by atoms with Gasteiger partial charge in [0.15, 0.2) is 5.16 Å². The van der Waals surface area contributed by atoms with Crippen molar-refractivity contribution in [3.05, 3.63) is 41.7 Å². The zero-order valence-corrected chi connectivity index (χ0v) is 16.1. The number of benzene rings is 1. The van der Waals surface area contributed by atoms with Crippen LogP contribution in [0.15, 0.2) is 41.8 Å². The average Bonchev–Trinajstić information content (AvgIpc) is 3.09. The second kappa shape index (κ2) is 8.60. The average molecular weight is 393 g/mol. The first-order valence-electron chi connectivity index (χ1n) is 8.50. The SMILES string of the molecule is CC(=O)N1CCC(NC(=O)CSc2nccn2-c2cccc(Cl)c2)CC1. The molecule has 0 bridgehead atoms. The molecule has 0 aliphatic carbocycles. The summed E-state index contributed by atoms with van der Waals surface area (Å²) in [6.07, 6.45) is 5.16. The maximum Gasteiger partial charge on any atom is 0.230 e. The zero-order valence-electron chi connectivity index (χ0n) is 14.5. The Hall–Kier alpha value is -1.99. The molecule has 26 heavy (non-hydrogen) atoms. The number of aromatic nitrogens is 2. The lowest BCUT2D eigenvalue weighted by Crippen LogP contribution is -2.46. The molecule has 138 valence electrons. The monoisotopic (exact) mass is 392 g/mol. The van der Waals surface area contributed by atoms with Crippen LogP contribution < -0.4 is 5.32 Å². The molecule has 6 nitrogen and oxygen atoms in total. The Bertz CT molecular complexity index is 787. The largest absolute Gasteiger partial charge is 0.353 e. The highest BCUT2D eigenvalue weighted by molar-refractivity contribution is 7.99. The van der Waals surface area contributed by atoms with Crippen molar-refractivity contribution in [1.82, 2.24) is 19.8 Å². The maximum absolute atomic E-state index is 12.3. The topological polar surface area (TPSA) is 67.2 Å². The summed E-state index contributed by atoms with van der Waals surface area (Å²) in [5, 5.41) is 4.45. The number of nitrogens with zero attached hydrogens (tertiary/aromatic N) is 3. The van der Waals surface area contributed by atoms with E-state index in [0.29, 0.717) is 23.9 Å². The number of imidazole rings is 1. The summed E-state index contributed by atoms with van der Waals surface area (Å²) < 4.78 is 1.91. The molecule has 0 atom stereocenters. The van der Waals surface area contributed by atoms with Crippen molar-refractivity contribution in [2.45, 2.75) is 31.0 Å². The van der Waals surface area contributed by atoms with Gasteiger partial charge in [-0.3, -0.25) is 14.2 Å². The molecule has 1 aliphatic rings. The number of hydrogen-bond acceptors (Lipinski definition) is 4. The minimum atomic E-state index is -0.0167. The molecule has 8 heteroatoms. The van der Waals surface area contributed by atoms with E-state index >= 15 is 0 Å². The van der Waals surface area contributed by atoms with Crippen molar-refractivity contribution in [2.75, 3.05) is 18.8 Å². The first-order chi connectivity index (χ1) is 12.5. The van der Waals surface area contributed by atoms with Crippen LogP contribution in [0, 0.1) is 0 Å². The normalized spacial score (nSPS) is 15.1. The molecule has 2 aromatic rings. The Morgan fingerprint density at radius 1 is 1.35 bits per heavy atom. The van der Waals surface area contributed by atoms with Gasteiger partial charge in [-0.05, 0) is 31.0 Å². The van der Waals surface area contributed by atoms with E-state index in [9.17, 15) is 9.59 Å². The highest BCUT2D eigenvalue weighted by Crippen LogP contribution is 2.22. The predicted octanol–water partition coefficient (Wildman–Crippen LogP) is 2.74. The summed E-state index contributed by atoms with van der Waals surface area (Å²) >= 11 is 7.44. The standard InChI is InChI=1S/C18H21ClN4O2S/c1-13(24)22-8-5-15(6-9-22)21-17(25)12-26-18-20-7-10-23(18)16-4-2-3-14(19)11-16/h2-4,7,10-11,15H,5-6,8-9,12H2,1H3,(H,21,25). The lowest BCUT2D eigenvalue weighted by Gasteiger charge is -2.31. The van der Waals surface area contributed by atoms with Gasteiger partial charge in [0.05, 0.1) is 5.75 Å². The molecule has 2 heterocycles. The van der Waals surface area contributed by atoms with Gasteiger partial charge < -0.3 is 10.2 Å². The summed E-state index contributed by atoms with van der Waals surface area (Å²) in [6.45, 7) is 2.98. The van der Waals surface area contributed by atoms with Crippen molar-refractivity contribution < 1.29 is 9.59 Å². The van der Waals surface area contributed by atoms with Crippen molar-refractivity contribution >= 4 is 35.2 Å². The number of likely N-dealkylation sites (tertiary alicyclic amines) is 1. The van der Waals surface area contributed by atoms with Crippen LogP contribution in [0.25, 0.3) is 5.69 Å². The fourth-order valence-corrected chi connectivity index (χ4v) is 3.93. The molecule has 1 N–H and O–H groups in total. The van der Waals surface area contributed by atoms with Crippen LogP contribution in [0.1, 0.15) is 19.8 Å². The summed E-state index contributed by atoms with van der Waals surface area (Å²) in [4.78, 5) is 29.8. The highest BCUT2D eigenvalue weighted by Gasteiger charge is 2.22. The van der Waals surface area contributed by atoms with E-state index in [4.69, 9.17) is 11.6 Å². The van der Waals surface area contributed by atoms with Gasteiger partial charge in [0, 0.05) is 49.2 Å². The van der Waals surface area contributed by atoms with E-state index in [-0.39, 0.29) is 17.9 Å². The number of nitrogens with one attached hydrogen (secondary N) is 1. The van der Waals surface area contributed by atoms with Gasteiger partial charge in [-0.15, -0.1) is 0 Å². The molecule has 0 unspecified atom stereocenters. The Morgan fingerprint density at radius 3 is 2.81 bits per heavy atom. The van der Waals surface area contributed by atoms with Gasteiger partial charge in [0.2, 0.25) is 11.8 Å². The van der Waals surface area contributed by atoms with Crippen molar-refractivity contribution in [3.8, 4) is 5.69 Å². The predicted molar refractivity (Wildman–Crippen MR) is 103 cm³/mol. The van der Waals surface area contributed by atoms with Gasteiger partial charge in [-0.2, -0.15) is 0 Å². The molecule has 2 amide bonds. The molecule has 1 fully saturated rings. The number of thioether (sulfide) groups is 1. The van der Waals surface area contributed by atoms with E-state index in [0.717, 1.165) is 23.7 Å². The number of piperidine rings is 1. The number of rotatable bonds is 5. The fourth-order valence-electron chi connectivity index (χ4n) is 2.96. The Morgan fingerprint density at radius 2 is 2.12 bits per heavy atom. The van der Waals surface area contributed by atoms with E-state index in [1.54, 1.807) is 13.1 Å². The van der Waals surface area contributed by atoms with Gasteiger partial charge in [-0.25, -0.2) is 4.98 Å². The maximum atomic E-state index is 12.3. The van der Waals surface area contributed by atoms with Crippen LogP contribution in [0.5, 0.6) is 0 Å². The molecule has 3 rings (SSSR count). The van der Waals surface area contributed by atoms with Gasteiger partial charge in [0.25, 0.3) is 0 Å². The van der Waals surface area contributed by atoms with Gasteiger partial charge in [-0.1, -0.05) is 29.4 Å². The lowest BCUT2D eigenvalue weighted by molar-refractivity contribution is -0.130. The third-order valence-corrected chi connectivity index (χ3v) is 5.53. The van der Waals surface area contributed by atoms with Gasteiger partial charge >= 0.3 is 0 Å². The van der Waals surface area contributed by atoms with Crippen LogP contribution in [0.3, 0.4) is 0 Å². The Labute approximate surface area is 161 Å². The third kappa shape index (κ3) is 4.80. The van der Waals surface area contributed by atoms with Crippen molar-refractivity contribution in [3.63, 3.8) is 0 Å². The summed E-state index contributed by atoms with van der Waals surface area (Å²) in [5.74, 6) is 0.375. The lowest BCUT2D eigenvalue weighted by atomic mass is 10.1. The number of halogens is 1. The molecular formula is C18H21ClN4O2S. The molecule has 1 aromatic carbocycles. The van der Waals surface area contributed by atoms with E-state index in [1.807, 2.05) is 39.9 Å². The molecule has 1 aromatic heterocycles. The second-order valence-electron chi connectivity index (χ2n) is 6.20. The van der Waals surface area contributed by atoms with Gasteiger partial charge in [0.1, 0.15) is 0 Å². The molecule has 0 saturated carbocycles. The number of carbonyl (C=O) groups is 2. The van der Waals surface area contributed by atoms with Crippen LogP contribution in [0.2, 0.25) is 5.02 Å². The molecule has 0 spiro atoms. The number of amides is 2. The summed E-state index contributed by atoms with van der Waals surface area (Å²) in [6, 6.07) is 7.63. The number of carbonyl (C=O) groups excluding carboxylic acids is 2. The van der Waals surface area contributed by atoms with E-state index < -0.39 is 0 Å². The minimum absolute atomic E-state index is 0.0167. The molecular weight excluding hydrogens is 372 g/mol. The quantitative estimate of drug-likeness (QED) is 0.794. The Balaban J connectivity index is 1.52. The second-order valence-corrected chi connectivity index (χ2v) is 7.58. The molecule has 1 aliphatic heterocycles. The first-order valence-corrected chi connectivity index (χ1v) is 9.86. The Kier molecular flexibility index (Phi) is 6.21. The molecule has 0 radical (unpaired) electrons. The van der Waals surface area contributed by atoms with E-state index in [2.05, 4.69) is 10.3 Å². The smallest absolute Gasteiger partial charge is 0.230 e. The first kappa shape index (κ1) is 18.8. The van der Waals surface area contributed by atoms with Crippen LogP contribution in [0.4, 0.5) is 0 Å². The number of hydrogen-bond donors (Lipinski definition) is 1. The van der Waals surface area contributed by atoms with Crippen molar-refractivity contribution in [2.24, 2.45) is 0 Å². The zero-order chi connectivity index (χ0) is 18.5. The molecule has 1 saturated heterocycles. The van der Waals surface area contributed by atoms with Crippen LogP contribution in [-0.4, -0.2) is 51.1 Å².